The van der Waals surface area contributed by atoms with Gasteiger partial charge in [0, 0.05) is 4.88 Å². The van der Waals surface area contributed by atoms with E-state index in [0.29, 0.717) is 17.9 Å². The highest BCUT2D eigenvalue weighted by molar-refractivity contribution is 7.16. The quantitative estimate of drug-likeness (QED) is 0.905. The number of nitrogens with zero attached hydrogens (tertiary/aromatic N) is 1. The Hall–Kier alpha value is -2.12. The van der Waals surface area contributed by atoms with Crippen LogP contribution in [0, 0.1) is 11.3 Å². The zero-order valence-corrected chi connectivity index (χ0v) is 14.3. The monoisotopic (exact) mass is 324 g/mol. The molecule has 3 rings (SSSR count). The van der Waals surface area contributed by atoms with Crippen LogP contribution >= 0.6 is 11.3 Å². The van der Waals surface area contributed by atoms with E-state index >= 15 is 0 Å². The van der Waals surface area contributed by atoms with E-state index in [9.17, 15) is 10.1 Å². The molecule has 1 aliphatic carbocycles. The number of thiophene rings is 1. The number of rotatable bonds is 4. The van der Waals surface area contributed by atoms with E-state index in [-0.39, 0.29) is 5.91 Å². The highest BCUT2D eigenvalue weighted by Gasteiger charge is 2.23. The average molecular weight is 324 g/mol. The number of benzene rings is 1. The van der Waals surface area contributed by atoms with Crippen LogP contribution in [0.3, 0.4) is 0 Å². The van der Waals surface area contributed by atoms with Gasteiger partial charge in [-0.05, 0) is 41.9 Å². The number of amides is 1. The molecule has 1 heterocycles. The summed E-state index contributed by atoms with van der Waals surface area (Å²) in [5.74, 6) is 0.434. The maximum Gasteiger partial charge on any atom is 0.229 e. The Kier molecular flexibility index (Phi) is 4.49. The number of carbonyl (C=O) groups excluding carboxylic acids is 1. The maximum atomic E-state index is 12.3. The Morgan fingerprint density at radius 2 is 2.04 bits per heavy atom. The molecule has 0 saturated carbocycles. The van der Waals surface area contributed by atoms with E-state index in [1.165, 1.54) is 10.4 Å². The van der Waals surface area contributed by atoms with Crippen LogP contribution in [0.15, 0.2) is 24.3 Å². The molecule has 0 unspecified atom stereocenters. The first kappa shape index (κ1) is 15.8. The van der Waals surface area contributed by atoms with Crippen molar-refractivity contribution in [2.75, 3.05) is 5.32 Å². The molecule has 23 heavy (non-hydrogen) atoms. The number of hydrogen-bond donors (Lipinski definition) is 1. The summed E-state index contributed by atoms with van der Waals surface area (Å²) in [6, 6.07) is 10.4. The van der Waals surface area contributed by atoms with Crippen molar-refractivity contribution in [3.63, 3.8) is 0 Å². The second kappa shape index (κ2) is 6.55. The number of aryl methyl sites for hydroxylation is 1. The lowest BCUT2D eigenvalue weighted by Crippen LogP contribution is -2.14. The van der Waals surface area contributed by atoms with Crippen molar-refractivity contribution in [2.45, 2.75) is 45.4 Å². The van der Waals surface area contributed by atoms with Gasteiger partial charge in [-0.2, -0.15) is 5.26 Å². The molecule has 1 aromatic carbocycles. The normalized spacial score (nSPS) is 13.0. The molecular weight excluding hydrogens is 304 g/mol. The Morgan fingerprint density at radius 1 is 1.30 bits per heavy atom. The third-order valence-electron chi connectivity index (χ3n) is 4.30. The van der Waals surface area contributed by atoms with Crippen molar-refractivity contribution in [1.29, 1.82) is 5.26 Å². The standard InChI is InChI=1S/C19H20N2OS/c1-12(2)14-8-6-13(7-9-14)10-18(22)21-19-16(11-20)15-4-3-5-17(15)23-19/h6-9,12H,3-5,10H2,1-2H3,(H,21,22). The van der Waals surface area contributed by atoms with Crippen molar-refractivity contribution in [1.82, 2.24) is 0 Å². The van der Waals surface area contributed by atoms with Gasteiger partial charge >= 0.3 is 0 Å². The van der Waals surface area contributed by atoms with Gasteiger partial charge in [-0.25, -0.2) is 0 Å². The van der Waals surface area contributed by atoms with E-state index in [4.69, 9.17) is 0 Å². The summed E-state index contributed by atoms with van der Waals surface area (Å²) in [5.41, 5.74) is 4.09. The Morgan fingerprint density at radius 3 is 2.70 bits per heavy atom. The van der Waals surface area contributed by atoms with Gasteiger partial charge in [-0.1, -0.05) is 38.1 Å². The summed E-state index contributed by atoms with van der Waals surface area (Å²) in [4.78, 5) is 13.5. The van der Waals surface area contributed by atoms with Crippen molar-refractivity contribution >= 4 is 22.2 Å². The third-order valence-corrected chi connectivity index (χ3v) is 5.50. The SMILES string of the molecule is CC(C)c1ccc(CC(=O)Nc2sc3c(c2C#N)CCC3)cc1. The zero-order chi connectivity index (χ0) is 16.4. The van der Waals surface area contributed by atoms with Crippen molar-refractivity contribution in [2.24, 2.45) is 0 Å². The molecule has 0 atom stereocenters. The molecule has 0 aliphatic heterocycles. The van der Waals surface area contributed by atoms with Crippen LogP contribution in [-0.4, -0.2) is 5.91 Å². The topological polar surface area (TPSA) is 52.9 Å². The average Bonchev–Trinajstić information content (AvgIpc) is 3.08. The van der Waals surface area contributed by atoms with Crippen molar-refractivity contribution < 1.29 is 4.79 Å². The largest absolute Gasteiger partial charge is 0.316 e. The molecule has 1 aliphatic rings. The van der Waals surface area contributed by atoms with Crippen LogP contribution in [0.2, 0.25) is 0 Å². The zero-order valence-electron chi connectivity index (χ0n) is 13.5. The summed E-state index contributed by atoms with van der Waals surface area (Å²) < 4.78 is 0. The molecule has 4 heteroatoms. The minimum Gasteiger partial charge on any atom is -0.316 e. The predicted octanol–water partition coefficient (Wildman–Crippen LogP) is 4.41. The lowest BCUT2D eigenvalue weighted by atomic mass is 10.0. The van der Waals surface area contributed by atoms with Gasteiger partial charge in [0.25, 0.3) is 0 Å². The first-order valence-electron chi connectivity index (χ1n) is 8.01. The molecule has 0 radical (unpaired) electrons. The van der Waals surface area contributed by atoms with Crippen LogP contribution in [0.5, 0.6) is 0 Å². The van der Waals surface area contributed by atoms with Gasteiger partial charge < -0.3 is 5.32 Å². The molecule has 1 aromatic heterocycles. The number of nitriles is 1. The molecule has 1 amide bonds. The smallest absolute Gasteiger partial charge is 0.229 e. The molecule has 0 bridgehead atoms. The highest BCUT2D eigenvalue weighted by atomic mass is 32.1. The third kappa shape index (κ3) is 3.30. The van der Waals surface area contributed by atoms with E-state index in [1.54, 1.807) is 11.3 Å². The molecule has 118 valence electrons. The molecule has 0 fully saturated rings. The van der Waals surface area contributed by atoms with Crippen molar-refractivity contribution in [3.05, 3.63) is 51.4 Å². The fourth-order valence-electron chi connectivity index (χ4n) is 2.99. The number of nitrogens with one attached hydrogen (secondary N) is 1. The van der Waals surface area contributed by atoms with E-state index < -0.39 is 0 Å². The van der Waals surface area contributed by atoms with Crippen LogP contribution in [0.25, 0.3) is 0 Å². The molecule has 1 N–H and O–H groups in total. The minimum absolute atomic E-state index is 0.0567. The minimum atomic E-state index is -0.0567. The van der Waals surface area contributed by atoms with E-state index in [1.807, 2.05) is 12.1 Å². The lowest BCUT2D eigenvalue weighted by Gasteiger charge is -2.07. The molecule has 2 aromatic rings. The van der Waals surface area contributed by atoms with Gasteiger partial charge in [0.2, 0.25) is 5.91 Å². The first-order chi connectivity index (χ1) is 11.1. The van der Waals surface area contributed by atoms with Crippen LogP contribution < -0.4 is 5.32 Å². The van der Waals surface area contributed by atoms with Crippen LogP contribution in [-0.2, 0) is 24.1 Å². The fraction of sp³-hybridized carbons (Fsp3) is 0.368. The van der Waals surface area contributed by atoms with Gasteiger partial charge in [-0.3, -0.25) is 4.79 Å². The van der Waals surface area contributed by atoms with E-state index in [2.05, 4.69) is 37.4 Å². The van der Waals surface area contributed by atoms with Crippen molar-refractivity contribution in [3.8, 4) is 6.07 Å². The van der Waals surface area contributed by atoms with Gasteiger partial charge in [0.15, 0.2) is 0 Å². The van der Waals surface area contributed by atoms with Crippen LogP contribution in [0.4, 0.5) is 5.00 Å². The predicted molar refractivity (Wildman–Crippen MR) is 93.9 cm³/mol. The second-order valence-corrected chi connectivity index (χ2v) is 7.40. The Bertz CT molecular complexity index is 766. The molecule has 0 spiro atoms. The number of fused-ring (bicyclic) bond motifs is 1. The summed E-state index contributed by atoms with van der Waals surface area (Å²) in [6.07, 6.45) is 3.44. The maximum absolute atomic E-state index is 12.3. The first-order valence-corrected chi connectivity index (χ1v) is 8.83. The number of hydrogen-bond acceptors (Lipinski definition) is 3. The summed E-state index contributed by atoms with van der Waals surface area (Å²) in [6.45, 7) is 4.31. The van der Waals surface area contributed by atoms with E-state index in [0.717, 1.165) is 35.4 Å². The molecule has 0 saturated heterocycles. The summed E-state index contributed by atoms with van der Waals surface area (Å²) in [7, 11) is 0. The fourth-order valence-corrected chi connectivity index (χ4v) is 4.24. The lowest BCUT2D eigenvalue weighted by molar-refractivity contribution is -0.115. The number of carbonyl (C=O) groups is 1. The van der Waals surface area contributed by atoms with Gasteiger partial charge in [-0.15, -0.1) is 11.3 Å². The highest BCUT2D eigenvalue weighted by Crippen LogP contribution is 2.38. The van der Waals surface area contributed by atoms with Crippen LogP contribution in [0.1, 0.15) is 53.3 Å². The summed E-state index contributed by atoms with van der Waals surface area (Å²) >= 11 is 1.56. The number of anilines is 1. The molecule has 3 nitrogen and oxygen atoms in total. The molecular formula is C19H20N2OS. The van der Waals surface area contributed by atoms with Gasteiger partial charge in [0.1, 0.15) is 11.1 Å². The second-order valence-electron chi connectivity index (χ2n) is 6.29. The summed E-state index contributed by atoms with van der Waals surface area (Å²) in [5, 5.41) is 13.0. The van der Waals surface area contributed by atoms with Gasteiger partial charge in [0.05, 0.1) is 12.0 Å². The Labute approximate surface area is 141 Å². The Balaban J connectivity index is 1.69.